The van der Waals surface area contributed by atoms with Crippen molar-refractivity contribution >= 4 is 22.4 Å². The molecule has 0 saturated carbocycles. The molecule has 0 aromatic carbocycles. The number of nitriles is 1. The van der Waals surface area contributed by atoms with Gasteiger partial charge in [0.25, 0.3) is 0 Å². The Bertz CT molecular complexity index is 466. The van der Waals surface area contributed by atoms with E-state index in [-0.39, 0.29) is 10.8 Å². The fourth-order valence-corrected chi connectivity index (χ4v) is 3.90. The first-order valence-corrected chi connectivity index (χ1v) is 7.51. The lowest BCUT2D eigenvalue weighted by Crippen LogP contribution is -2.42. The highest BCUT2D eigenvalue weighted by Crippen LogP contribution is 2.43. The summed E-state index contributed by atoms with van der Waals surface area (Å²) < 4.78 is 11.8. The summed E-state index contributed by atoms with van der Waals surface area (Å²) >= 11 is 6.04. The van der Waals surface area contributed by atoms with Gasteiger partial charge in [0.05, 0.1) is 17.9 Å². The third kappa shape index (κ3) is 2.08. The Hall–Kier alpha value is -0.630. The summed E-state index contributed by atoms with van der Waals surface area (Å²) in [7, 11) is -0.930. The van der Waals surface area contributed by atoms with Gasteiger partial charge in [-0.2, -0.15) is 5.26 Å². The number of likely N-dealkylation sites (tertiary alicyclic amines) is 1. The molecule has 5 heteroatoms. The first kappa shape index (κ1) is 12.8. The first-order valence-electron chi connectivity index (χ1n) is 5.51. The lowest BCUT2D eigenvalue weighted by atomic mass is 9.85. The molecule has 1 fully saturated rings. The predicted molar refractivity (Wildman–Crippen MR) is 70.1 cm³/mol. The number of fused-ring (bicyclic) bond motifs is 1. The third-order valence-electron chi connectivity index (χ3n) is 3.70. The van der Waals surface area contributed by atoms with Crippen molar-refractivity contribution in [1.29, 1.82) is 5.26 Å². The third-order valence-corrected chi connectivity index (χ3v) is 5.17. The normalized spacial score (nSPS) is 34.6. The molecule has 0 N–H and O–H groups in total. The van der Waals surface area contributed by atoms with Crippen LogP contribution in [0.2, 0.25) is 0 Å². The van der Waals surface area contributed by atoms with Crippen LogP contribution < -0.4 is 0 Å². The van der Waals surface area contributed by atoms with Crippen LogP contribution >= 0.6 is 11.6 Å². The molecular formula is C12H15ClN2OS. The first-order chi connectivity index (χ1) is 7.99. The van der Waals surface area contributed by atoms with Crippen molar-refractivity contribution in [2.24, 2.45) is 0 Å². The van der Waals surface area contributed by atoms with Crippen LogP contribution in [0.1, 0.15) is 13.3 Å². The molecule has 92 valence electrons. The number of allylic oxidation sites excluding steroid dienone is 2. The Balaban J connectivity index is 2.41. The summed E-state index contributed by atoms with van der Waals surface area (Å²) in [5.41, 5.74) is 0.922. The minimum Gasteiger partial charge on any atom is -0.279 e. The van der Waals surface area contributed by atoms with Gasteiger partial charge < -0.3 is 0 Å². The Morgan fingerprint density at radius 1 is 1.76 bits per heavy atom. The molecule has 0 radical (unpaired) electrons. The van der Waals surface area contributed by atoms with E-state index in [1.165, 1.54) is 0 Å². The maximum absolute atomic E-state index is 11.8. The summed E-state index contributed by atoms with van der Waals surface area (Å²) in [5, 5.41) is 9.59. The van der Waals surface area contributed by atoms with E-state index in [0.717, 1.165) is 12.0 Å². The highest BCUT2D eigenvalue weighted by Gasteiger charge is 2.48. The van der Waals surface area contributed by atoms with Gasteiger partial charge in [0.15, 0.2) is 0 Å². The van der Waals surface area contributed by atoms with Crippen LogP contribution in [-0.4, -0.2) is 39.2 Å². The van der Waals surface area contributed by atoms with E-state index in [9.17, 15) is 4.21 Å². The largest absolute Gasteiger partial charge is 0.279 e. The van der Waals surface area contributed by atoms with Crippen LogP contribution in [0.3, 0.4) is 0 Å². The van der Waals surface area contributed by atoms with Gasteiger partial charge in [0, 0.05) is 34.2 Å². The van der Waals surface area contributed by atoms with Gasteiger partial charge in [-0.3, -0.25) is 9.11 Å². The molecule has 2 rings (SSSR count). The molecule has 17 heavy (non-hydrogen) atoms. The highest BCUT2D eigenvalue weighted by molar-refractivity contribution is 7.85. The number of halogens is 1. The van der Waals surface area contributed by atoms with Gasteiger partial charge in [-0.05, 0) is 25.0 Å². The van der Waals surface area contributed by atoms with E-state index >= 15 is 0 Å². The second kappa shape index (κ2) is 4.56. The van der Waals surface area contributed by atoms with Crippen LogP contribution in [0.4, 0.5) is 0 Å². The molecule has 3 nitrogen and oxygen atoms in total. The lowest BCUT2D eigenvalue weighted by Gasteiger charge is -2.35. The van der Waals surface area contributed by atoms with E-state index in [2.05, 4.69) is 17.9 Å². The summed E-state index contributed by atoms with van der Waals surface area (Å²) in [5.74, 6) is 0. The predicted octanol–water partition coefficient (Wildman–Crippen LogP) is 1.78. The monoisotopic (exact) mass is 270 g/mol. The zero-order valence-electron chi connectivity index (χ0n) is 9.94. The summed E-state index contributed by atoms with van der Waals surface area (Å²) in [6.07, 6.45) is 6.39. The van der Waals surface area contributed by atoms with Crippen LogP contribution in [0.25, 0.3) is 0 Å². The van der Waals surface area contributed by atoms with Gasteiger partial charge in [-0.25, -0.2) is 0 Å². The molecule has 0 aromatic heterocycles. The molecule has 1 aliphatic carbocycles. The van der Waals surface area contributed by atoms with E-state index in [1.807, 2.05) is 12.2 Å². The highest BCUT2D eigenvalue weighted by atomic mass is 35.5. The van der Waals surface area contributed by atoms with Crippen LogP contribution in [0, 0.1) is 11.3 Å². The molecule has 2 aliphatic rings. The Morgan fingerprint density at radius 2 is 2.47 bits per heavy atom. The molecule has 3 atom stereocenters. The minimum absolute atomic E-state index is 0.00389. The molecule has 3 unspecified atom stereocenters. The Labute approximate surface area is 109 Å². The average Bonchev–Trinajstić information content (AvgIpc) is 2.54. The van der Waals surface area contributed by atoms with Crippen molar-refractivity contribution in [3.05, 3.63) is 22.8 Å². The fourth-order valence-electron chi connectivity index (χ4n) is 2.64. The minimum atomic E-state index is -0.930. The maximum atomic E-state index is 11.8. The molecule has 1 heterocycles. The van der Waals surface area contributed by atoms with Crippen molar-refractivity contribution in [3.63, 3.8) is 0 Å². The molecule has 0 aromatic rings. The molecule has 0 bridgehead atoms. The average molecular weight is 271 g/mol. The van der Waals surface area contributed by atoms with Crippen LogP contribution in [-0.2, 0) is 10.8 Å². The van der Waals surface area contributed by atoms with E-state index < -0.39 is 10.8 Å². The Morgan fingerprint density at radius 3 is 3.06 bits per heavy atom. The van der Waals surface area contributed by atoms with Gasteiger partial charge >= 0.3 is 0 Å². The van der Waals surface area contributed by atoms with Crippen LogP contribution in [0.5, 0.6) is 0 Å². The number of rotatable bonds is 2. The summed E-state index contributed by atoms with van der Waals surface area (Å²) in [4.78, 5) is 2.10. The SMILES string of the molecule is CS(=O)C1CN(CC#N)C2(C)CC=C(Cl)C=C12. The topological polar surface area (TPSA) is 44.1 Å². The molecule has 0 spiro atoms. The second-order valence-corrected chi connectivity index (χ2v) is 6.70. The maximum Gasteiger partial charge on any atom is 0.0873 e. The van der Waals surface area contributed by atoms with Crippen molar-refractivity contribution in [2.45, 2.75) is 24.1 Å². The smallest absolute Gasteiger partial charge is 0.0873 e. The zero-order valence-corrected chi connectivity index (χ0v) is 11.5. The van der Waals surface area contributed by atoms with Crippen molar-refractivity contribution in [3.8, 4) is 6.07 Å². The standard InChI is InChI=1S/C12H15ClN2OS/c1-12-4-3-9(13)7-10(12)11(17(2)16)8-15(12)6-5-14/h3,7,11H,4,6,8H2,1-2H3. The van der Waals surface area contributed by atoms with Crippen molar-refractivity contribution < 1.29 is 4.21 Å². The number of hydrogen-bond donors (Lipinski definition) is 0. The molecular weight excluding hydrogens is 256 g/mol. The van der Waals surface area contributed by atoms with Gasteiger partial charge in [0.1, 0.15) is 0 Å². The quantitative estimate of drug-likeness (QED) is 0.719. The summed E-state index contributed by atoms with van der Waals surface area (Å²) in [6, 6.07) is 2.18. The zero-order chi connectivity index (χ0) is 12.6. The van der Waals surface area contributed by atoms with E-state index in [4.69, 9.17) is 16.9 Å². The Kier molecular flexibility index (Phi) is 3.44. The van der Waals surface area contributed by atoms with Crippen LogP contribution in [0.15, 0.2) is 22.8 Å². The summed E-state index contributed by atoms with van der Waals surface area (Å²) in [6.45, 7) is 3.15. The van der Waals surface area contributed by atoms with Gasteiger partial charge in [0.2, 0.25) is 0 Å². The van der Waals surface area contributed by atoms with E-state index in [0.29, 0.717) is 18.1 Å². The lowest BCUT2D eigenvalue weighted by molar-refractivity contribution is 0.204. The van der Waals surface area contributed by atoms with Crippen molar-refractivity contribution in [2.75, 3.05) is 19.3 Å². The molecule has 1 saturated heterocycles. The van der Waals surface area contributed by atoms with E-state index in [1.54, 1.807) is 6.26 Å². The van der Waals surface area contributed by atoms with Crippen molar-refractivity contribution in [1.82, 2.24) is 4.90 Å². The van der Waals surface area contributed by atoms with Gasteiger partial charge in [-0.15, -0.1) is 0 Å². The molecule has 1 aliphatic heterocycles. The second-order valence-electron chi connectivity index (χ2n) is 4.69. The fraction of sp³-hybridized carbons (Fsp3) is 0.583. The molecule has 0 amide bonds. The van der Waals surface area contributed by atoms with Gasteiger partial charge in [-0.1, -0.05) is 17.7 Å². The number of nitrogens with zero attached hydrogens (tertiary/aromatic N) is 2. The number of hydrogen-bond acceptors (Lipinski definition) is 3.